The maximum absolute atomic E-state index is 11.9. The topological polar surface area (TPSA) is 60.1 Å². The van der Waals surface area contributed by atoms with Crippen LogP contribution in [0.4, 0.5) is 0 Å². The van der Waals surface area contributed by atoms with Gasteiger partial charge in [0, 0.05) is 30.6 Å². The molecule has 22 heavy (non-hydrogen) atoms. The van der Waals surface area contributed by atoms with Crippen molar-refractivity contribution >= 4 is 23.3 Å². The summed E-state index contributed by atoms with van der Waals surface area (Å²) in [4.78, 5) is 11.9. The molecule has 3 aromatic heterocycles. The molecule has 0 aliphatic heterocycles. The van der Waals surface area contributed by atoms with Gasteiger partial charge in [-0.15, -0.1) is 0 Å². The monoisotopic (exact) mass is 313 g/mol. The first-order chi connectivity index (χ1) is 10.8. The molecule has 0 aliphatic rings. The van der Waals surface area contributed by atoms with Gasteiger partial charge in [-0.2, -0.15) is 16.4 Å². The summed E-state index contributed by atoms with van der Waals surface area (Å²) in [6.07, 6.45) is 10.0. The number of carbonyl (C=O) groups is 1. The number of hydrogen-bond donors (Lipinski definition) is 1. The maximum Gasteiger partial charge on any atom is 0.244 e. The molecule has 6 heteroatoms. The summed E-state index contributed by atoms with van der Waals surface area (Å²) in [6, 6.07) is 5.71. The average molecular weight is 313 g/mol. The van der Waals surface area contributed by atoms with Gasteiger partial charge in [0.05, 0.1) is 18.6 Å². The van der Waals surface area contributed by atoms with Crippen molar-refractivity contribution in [2.75, 3.05) is 6.54 Å². The molecule has 1 amide bonds. The second-order valence-electron chi connectivity index (χ2n) is 4.69. The first-order valence-corrected chi connectivity index (χ1v) is 7.76. The number of hydrogen-bond acceptors (Lipinski definition) is 4. The van der Waals surface area contributed by atoms with Crippen molar-refractivity contribution in [3.8, 4) is 0 Å². The maximum atomic E-state index is 11.9. The Bertz CT molecular complexity index is 681. The zero-order chi connectivity index (χ0) is 15.2. The lowest BCUT2D eigenvalue weighted by Crippen LogP contribution is -2.30. The molecule has 112 valence electrons. The lowest BCUT2D eigenvalue weighted by atomic mass is 10.1. The third kappa shape index (κ3) is 3.53. The Morgan fingerprint density at radius 1 is 1.50 bits per heavy atom. The van der Waals surface area contributed by atoms with Gasteiger partial charge >= 0.3 is 0 Å². The van der Waals surface area contributed by atoms with Crippen LogP contribution in [0.25, 0.3) is 6.08 Å². The standard InChI is InChI=1S/C16H15N3O2S/c20-16(3-2-13-4-8-21-11-13)17-10-15(14-5-9-22-12-14)19-7-1-6-18-19/h1-9,11-12,15H,10H2,(H,17,20)/b3-2+/t15-/m1/s1. The largest absolute Gasteiger partial charge is 0.472 e. The van der Waals surface area contributed by atoms with Crippen LogP contribution in [-0.4, -0.2) is 22.2 Å². The number of aromatic nitrogens is 2. The fourth-order valence-electron chi connectivity index (χ4n) is 2.09. The van der Waals surface area contributed by atoms with Crippen molar-refractivity contribution in [3.63, 3.8) is 0 Å². The van der Waals surface area contributed by atoms with E-state index in [1.807, 2.05) is 28.4 Å². The number of carbonyl (C=O) groups excluding carboxylic acids is 1. The first kappa shape index (κ1) is 14.3. The highest BCUT2D eigenvalue weighted by Gasteiger charge is 2.15. The molecule has 0 radical (unpaired) electrons. The molecule has 0 bridgehead atoms. The van der Waals surface area contributed by atoms with Gasteiger partial charge in [0.15, 0.2) is 0 Å². The summed E-state index contributed by atoms with van der Waals surface area (Å²) in [5, 5.41) is 11.3. The van der Waals surface area contributed by atoms with E-state index >= 15 is 0 Å². The van der Waals surface area contributed by atoms with Crippen LogP contribution in [0.15, 0.2) is 64.4 Å². The van der Waals surface area contributed by atoms with Gasteiger partial charge < -0.3 is 9.73 Å². The van der Waals surface area contributed by atoms with E-state index in [-0.39, 0.29) is 11.9 Å². The molecule has 1 N–H and O–H groups in total. The second-order valence-corrected chi connectivity index (χ2v) is 5.47. The summed E-state index contributed by atoms with van der Waals surface area (Å²) < 4.78 is 6.80. The van der Waals surface area contributed by atoms with Crippen LogP contribution in [0.5, 0.6) is 0 Å². The lowest BCUT2D eigenvalue weighted by molar-refractivity contribution is -0.116. The van der Waals surface area contributed by atoms with Crippen molar-refractivity contribution in [1.29, 1.82) is 0 Å². The predicted molar refractivity (Wildman–Crippen MR) is 85.4 cm³/mol. The molecule has 0 saturated carbocycles. The molecular formula is C16H15N3O2S. The minimum absolute atomic E-state index is 0.00692. The van der Waals surface area contributed by atoms with Gasteiger partial charge in [-0.3, -0.25) is 9.48 Å². The highest BCUT2D eigenvalue weighted by molar-refractivity contribution is 7.07. The van der Waals surface area contributed by atoms with Gasteiger partial charge in [-0.1, -0.05) is 0 Å². The molecule has 3 heterocycles. The Labute approximate surface area is 131 Å². The Morgan fingerprint density at radius 3 is 3.14 bits per heavy atom. The molecule has 1 atom stereocenters. The van der Waals surface area contributed by atoms with E-state index in [1.165, 1.54) is 6.08 Å². The first-order valence-electron chi connectivity index (χ1n) is 6.82. The molecule has 0 aliphatic carbocycles. The van der Waals surface area contributed by atoms with E-state index in [9.17, 15) is 4.79 Å². The second kappa shape index (κ2) is 6.91. The summed E-state index contributed by atoms with van der Waals surface area (Å²) >= 11 is 1.63. The van der Waals surface area contributed by atoms with Crippen molar-refractivity contribution in [1.82, 2.24) is 15.1 Å². The molecule has 0 fully saturated rings. The Hall–Kier alpha value is -2.60. The zero-order valence-corrected chi connectivity index (χ0v) is 12.6. The SMILES string of the molecule is O=C(/C=C/c1ccoc1)NC[C@H](c1ccsc1)n1cccn1. The number of rotatable bonds is 6. The van der Waals surface area contributed by atoms with Crippen molar-refractivity contribution in [2.45, 2.75) is 6.04 Å². The van der Waals surface area contributed by atoms with E-state index in [1.54, 1.807) is 42.2 Å². The molecule has 0 unspecified atom stereocenters. The molecule has 5 nitrogen and oxygen atoms in total. The molecular weight excluding hydrogens is 298 g/mol. The van der Waals surface area contributed by atoms with Crippen LogP contribution in [0.2, 0.25) is 0 Å². The van der Waals surface area contributed by atoms with Crippen LogP contribution >= 0.6 is 11.3 Å². The fourth-order valence-corrected chi connectivity index (χ4v) is 2.80. The molecule has 3 rings (SSSR count). The van der Waals surface area contributed by atoms with E-state index in [0.717, 1.165) is 11.1 Å². The van der Waals surface area contributed by atoms with Gasteiger partial charge in [0.25, 0.3) is 0 Å². The van der Waals surface area contributed by atoms with Crippen LogP contribution in [0, 0.1) is 0 Å². The average Bonchev–Trinajstić information content (AvgIpc) is 3.27. The quantitative estimate of drug-likeness (QED) is 0.712. The van der Waals surface area contributed by atoms with Crippen LogP contribution in [-0.2, 0) is 4.79 Å². The Balaban J connectivity index is 1.63. The molecule has 3 aromatic rings. The van der Waals surface area contributed by atoms with E-state index < -0.39 is 0 Å². The lowest BCUT2D eigenvalue weighted by Gasteiger charge is -2.16. The van der Waals surface area contributed by atoms with Gasteiger partial charge in [-0.25, -0.2) is 0 Å². The number of amides is 1. The molecule has 0 aromatic carbocycles. The number of furan rings is 1. The summed E-state index contributed by atoms with van der Waals surface area (Å²) in [7, 11) is 0. The van der Waals surface area contributed by atoms with Gasteiger partial charge in [0.1, 0.15) is 0 Å². The number of thiophene rings is 1. The zero-order valence-electron chi connectivity index (χ0n) is 11.8. The number of nitrogens with zero attached hydrogens (tertiary/aromatic N) is 2. The van der Waals surface area contributed by atoms with Crippen molar-refractivity contribution < 1.29 is 9.21 Å². The molecule has 0 saturated heterocycles. The Morgan fingerprint density at radius 2 is 2.45 bits per heavy atom. The van der Waals surface area contributed by atoms with Crippen LogP contribution in [0.3, 0.4) is 0 Å². The highest BCUT2D eigenvalue weighted by atomic mass is 32.1. The van der Waals surface area contributed by atoms with Crippen molar-refractivity contribution in [2.24, 2.45) is 0 Å². The summed E-state index contributed by atoms with van der Waals surface area (Å²) in [5.74, 6) is -0.145. The van der Waals surface area contributed by atoms with E-state index in [0.29, 0.717) is 6.54 Å². The Kier molecular flexibility index (Phi) is 4.50. The normalized spacial score (nSPS) is 12.5. The third-order valence-corrected chi connectivity index (χ3v) is 3.91. The summed E-state index contributed by atoms with van der Waals surface area (Å²) in [6.45, 7) is 0.479. The van der Waals surface area contributed by atoms with Crippen molar-refractivity contribution in [3.05, 3.63) is 71.1 Å². The van der Waals surface area contributed by atoms with E-state index in [2.05, 4.69) is 15.8 Å². The van der Waals surface area contributed by atoms with Gasteiger partial charge in [-0.05, 0) is 40.6 Å². The minimum Gasteiger partial charge on any atom is -0.472 e. The third-order valence-electron chi connectivity index (χ3n) is 3.21. The molecule has 0 spiro atoms. The summed E-state index contributed by atoms with van der Waals surface area (Å²) in [5.41, 5.74) is 1.99. The fraction of sp³-hybridized carbons (Fsp3) is 0.125. The van der Waals surface area contributed by atoms with Gasteiger partial charge in [0.2, 0.25) is 5.91 Å². The van der Waals surface area contributed by atoms with Crippen LogP contribution in [0.1, 0.15) is 17.2 Å². The highest BCUT2D eigenvalue weighted by Crippen LogP contribution is 2.19. The minimum atomic E-state index is -0.145. The number of nitrogens with one attached hydrogen (secondary N) is 1. The van der Waals surface area contributed by atoms with E-state index in [4.69, 9.17) is 4.42 Å². The van der Waals surface area contributed by atoms with Crippen LogP contribution < -0.4 is 5.32 Å². The smallest absolute Gasteiger partial charge is 0.244 e. The predicted octanol–water partition coefficient (Wildman–Crippen LogP) is 2.96.